The molecule has 0 radical (unpaired) electrons. The SMILES string of the molecule is CN(C(=O)NC(C(=O)O)C(C)(C)C)C1CCCCC1. The quantitative estimate of drug-likeness (QED) is 0.827. The molecule has 1 atom stereocenters. The van der Waals surface area contributed by atoms with Crippen molar-refractivity contribution < 1.29 is 14.7 Å². The largest absolute Gasteiger partial charge is 0.480 e. The van der Waals surface area contributed by atoms with E-state index in [1.807, 2.05) is 20.8 Å². The Morgan fingerprint density at radius 1 is 1.21 bits per heavy atom. The maximum absolute atomic E-state index is 12.2. The first kappa shape index (κ1) is 15.8. The van der Waals surface area contributed by atoms with Gasteiger partial charge in [-0.1, -0.05) is 40.0 Å². The van der Waals surface area contributed by atoms with Gasteiger partial charge in [0, 0.05) is 13.1 Å². The van der Waals surface area contributed by atoms with Gasteiger partial charge in [-0.3, -0.25) is 0 Å². The summed E-state index contributed by atoms with van der Waals surface area (Å²) >= 11 is 0. The first-order chi connectivity index (χ1) is 8.73. The zero-order valence-electron chi connectivity index (χ0n) is 12.4. The first-order valence-electron chi connectivity index (χ1n) is 6.99. The molecule has 1 unspecified atom stereocenters. The maximum Gasteiger partial charge on any atom is 0.326 e. The fourth-order valence-electron chi connectivity index (χ4n) is 2.51. The smallest absolute Gasteiger partial charge is 0.326 e. The van der Waals surface area contributed by atoms with Crippen molar-refractivity contribution in [2.45, 2.75) is 65.0 Å². The number of rotatable bonds is 3. The average molecular weight is 270 g/mol. The van der Waals surface area contributed by atoms with E-state index in [0.717, 1.165) is 25.7 Å². The third-order valence-corrected chi connectivity index (χ3v) is 3.82. The van der Waals surface area contributed by atoms with Crippen LogP contribution in [-0.2, 0) is 4.79 Å². The molecule has 110 valence electrons. The molecular weight excluding hydrogens is 244 g/mol. The third-order valence-electron chi connectivity index (χ3n) is 3.82. The van der Waals surface area contributed by atoms with Crippen molar-refractivity contribution in [3.63, 3.8) is 0 Å². The van der Waals surface area contributed by atoms with Gasteiger partial charge in [-0.25, -0.2) is 9.59 Å². The summed E-state index contributed by atoms with van der Waals surface area (Å²) in [4.78, 5) is 25.1. The molecule has 1 rings (SSSR count). The number of nitrogens with one attached hydrogen (secondary N) is 1. The molecule has 0 heterocycles. The van der Waals surface area contributed by atoms with Crippen LogP contribution in [0, 0.1) is 5.41 Å². The van der Waals surface area contributed by atoms with E-state index in [1.165, 1.54) is 6.42 Å². The van der Waals surface area contributed by atoms with Gasteiger partial charge in [0.15, 0.2) is 0 Å². The van der Waals surface area contributed by atoms with Gasteiger partial charge in [0.1, 0.15) is 6.04 Å². The van der Waals surface area contributed by atoms with Crippen LogP contribution in [0.25, 0.3) is 0 Å². The van der Waals surface area contributed by atoms with Crippen molar-refractivity contribution in [1.29, 1.82) is 0 Å². The monoisotopic (exact) mass is 270 g/mol. The molecule has 0 bridgehead atoms. The average Bonchev–Trinajstić information content (AvgIpc) is 2.34. The van der Waals surface area contributed by atoms with E-state index < -0.39 is 17.4 Å². The predicted octanol–water partition coefficient (Wildman–Crippen LogP) is 2.46. The zero-order valence-corrected chi connectivity index (χ0v) is 12.4. The molecular formula is C14H26N2O3. The highest BCUT2D eigenvalue weighted by Crippen LogP contribution is 2.23. The van der Waals surface area contributed by atoms with Gasteiger partial charge < -0.3 is 15.3 Å². The number of carbonyl (C=O) groups is 2. The molecule has 0 spiro atoms. The second-order valence-corrected chi connectivity index (χ2v) is 6.49. The Morgan fingerprint density at radius 3 is 2.16 bits per heavy atom. The summed E-state index contributed by atoms with van der Waals surface area (Å²) < 4.78 is 0. The molecule has 0 aromatic carbocycles. The number of nitrogens with zero attached hydrogens (tertiary/aromatic N) is 1. The van der Waals surface area contributed by atoms with Crippen LogP contribution in [0.1, 0.15) is 52.9 Å². The summed E-state index contributed by atoms with van der Waals surface area (Å²) in [6.45, 7) is 5.44. The normalized spacial score (nSPS) is 18.7. The number of carboxylic acids is 1. The number of carboxylic acid groups (broad SMARTS) is 1. The number of amides is 2. The summed E-state index contributed by atoms with van der Waals surface area (Å²) in [5, 5.41) is 11.9. The van der Waals surface area contributed by atoms with E-state index >= 15 is 0 Å². The molecule has 5 nitrogen and oxygen atoms in total. The van der Waals surface area contributed by atoms with Crippen LogP contribution >= 0.6 is 0 Å². The van der Waals surface area contributed by atoms with E-state index in [1.54, 1.807) is 11.9 Å². The molecule has 1 aliphatic carbocycles. The van der Waals surface area contributed by atoms with E-state index in [4.69, 9.17) is 0 Å². The highest BCUT2D eigenvalue weighted by atomic mass is 16.4. The number of aliphatic carboxylic acids is 1. The molecule has 2 amide bonds. The topological polar surface area (TPSA) is 69.6 Å². The summed E-state index contributed by atoms with van der Waals surface area (Å²) in [5.41, 5.74) is -0.505. The van der Waals surface area contributed by atoms with Crippen LogP contribution in [0.15, 0.2) is 0 Å². The number of hydrogen-bond acceptors (Lipinski definition) is 2. The van der Waals surface area contributed by atoms with Gasteiger partial charge >= 0.3 is 12.0 Å². The molecule has 2 N–H and O–H groups in total. The lowest BCUT2D eigenvalue weighted by atomic mass is 9.87. The van der Waals surface area contributed by atoms with Gasteiger partial charge in [-0.15, -0.1) is 0 Å². The highest BCUT2D eigenvalue weighted by Gasteiger charge is 2.34. The second-order valence-electron chi connectivity index (χ2n) is 6.49. The fourth-order valence-corrected chi connectivity index (χ4v) is 2.51. The van der Waals surface area contributed by atoms with E-state index in [-0.39, 0.29) is 12.1 Å². The maximum atomic E-state index is 12.2. The standard InChI is InChI=1S/C14H26N2O3/c1-14(2,3)11(12(17)18)15-13(19)16(4)10-8-6-5-7-9-10/h10-11H,5-9H2,1-4H3,(H,15,19)(H,17,18). The molecule has 0 aromatic heterocycles. The Kier molecular flexibility index (Phi) is 5.20. The van der Waals surface area contributed by atoms with E-state index in [9.17, 15) is 14.7 Å². The Hall–Kier alpha value is -1.26. The van der Waals surface area contributed by atoms with Crippen molar-refractivity contribution >= 4 is 12.0 Å². The lowest BCUT2D eigenvalue weighted by Crippen LogP contribution is -2.54. The third kappa shape index (κ3) is 4.40. The van der Waals surface area contributed by atoms with Crippen molar-refractivity contribution in [2.75, 3.05) is 7.05 Å². The lowest BCUT2D eigenvalue weighted by molar-refractivity contribution is -0.142. The van der Waals surface area contributed by atoms with Crippen LogP contribution < -0.4 is 5.32 Å². The van der Waals surface area contributed by atoms with Gasteiger partial charge in [0.2, 0.25) is 0 Å². The fraction of sp³-hybridized carbons (Fsp3) is 0.857. The minimum absolute atomic E-state index is 0.239. The van der Waals surface area contributed by atoms with Crippen molar-refractivity contribution in [2.24, 2.45) is 5.41 Å². The van der Waals surface area contributed by atoms with Crippen LogP contribution in [-0.4, -0.2) is 41.1 Å². The molecule has 0 aliphatic heterocycles. The summed E-state index contributed by atoms with van der Waals surface area (Å²) in [5.74, 6) is -0.988. The summed E-state index contributed by atoms with van der Waals surface area (Å²) in [6.07, 6.45) is 5.54. The lowest BCUT2D eigenvalue weighted by Gasteiger charge is -2.34. The Balaban J connectivity index is 2.63. The van der Waals surface area contributed by atoms with Crippen molar-refractivity contribution in [3.8, 4) is 0 Å². The first-order valence-corrected chi connectivity index (χ1v) is 6.99. The van der Waals surface area contributed by atoms with E-state index in [0.29, 0.717) is 0 Å². The minimum atomic E-state index is -0.988. The molecule has 1 aliphatic rings. The van der Waals surface area contributed by atoms with Crippen LogP contribution in [0.4, 0.5) is 4.79 Å². The minimum Gasteiger partial charge on any atom is -0.480 e. The number of carbonyl (C=O) groups excluding carboxylic acids is 1. The van der Waals surface area contributed by atoms with E-state index in [2.05, 4.69) is 5.32 Å². The zero-order chi connectivity index (χ0) is 14.6. The van der Waals surface area contributed by atoms with Crippen molar-refractivity contribution in [3.05, 3.63) is 0 Å². The van der Waals surface area contributed by atoms with Crippen molar-refractivity contribution in [1.82, 2.24) is 10.2 Å². The second kappa shape index (κ2) is 6.26. The Labute approximate surface area is 115 Å². The van der Waals surface area contributed by atoms with Gasteiger partial charge in [0.05, 0.1) is 0 Å². The van der Waals surface area contributed by atoms with Crippen LogP contribution in [0.3, 0.4) is 0 Å². The number of hydrogen-bond donors (Lipinski definition) is 2. The van der Waals surface area contributed by atoms with Crippen LogP contribution in [0.2, 0.25) is 0 Å². The number of urea groups is 1. The summed E-state index contributed by atoms with van der Waals surface area (Å²) in [7, 11) is 1.76. The summed E-state index contributed by atoms with van der Waals surface area (Å²) in [6, 6.07) is -0.913. The molecule has 0 aromatic rings. The van der Waals surface area contributed by atoms with Gasteiger partial charge in [0.25, 0.3) is 0 Å². The Morgan fingerprint density at radius 2 is 1.74 bits per heavy atom. The molecule has 19 heavy (non-hydrogen) atoms. The van der Waals surface area contributed by atoms with Gasteiger partial charge in [-0.2, -0.15) is 0 Å². The van der Waals surface area contributed by atoms with Gasteiger partial charge in [-0.05, 0) is 18.3 Å². The molecule has 1 fully saturated rings. The molecule has 0 saturated heterocycles. The predicted molar refractivity (Wildman–Crippen MR) is 74.0 cm³/mol. The van der Waals surface area contributed by atoms with Crippen LogP contribution in [0.5, 0.6) is 0 Å². The Bertz CT molecular complexity index is 330. The molecule has 1 saturated carbocycles. The highest BCUT2D eigenvalue weighted by molar-refractivity contribution is 5.83. The molecule has 5 heteroatoms.